The number of ether oxygens (including phenoxy) is 1. The highest BCUT2D eigenvalue weighted by atomic mass is 35.5. The number of halogens is 1. The smallest absolute Gasteiger partial charge is 0.273 e. The minimum Gasteiger partial charge on any atom is -0.495 e. The van der Waals surface area contributed by atoms with E-state index in [1.807, 2.05) is 61.5 Å². The maximum atomic E-state index is 14.5. The maximum absolute atomic E-state index is 14.5. The molecule has 0 unspecified atom stereocenters. The number of rotatable bonds is 13. The predicted octanol–water partition coefficient (Wildman–Crippen LogP) is 5.46. The Kier molecular flexibility index (Phi) is 11.2. The summed E-state index contributed by atoms with van der Waals surface area (Å²) in [6, 6.07) is 23.3. The molecule has 246 valence electrons. The third-order valence-electron chi connectivity index (χ3n) is 7.64. The van der Waals surface area contributed by atoms with Gasteiger partial charge >= 0.3 is 0 Å². The maximum Gasteiger partial charge on any atom is 0.273 e. The summed E-state index contributed by atoms with van der Waals surface area (Å²) >= 11 is 6.31. The van der Waals surface area contributed by atoms with Gasteiger partial charge in [-0.15, -0.1) is 0 Å². The van der Waals surface area contributed by atoms with Gasteiger partial charge in [0.1, 0.15) is 18.3 Å². The summed E-state index contributed by atoms with van der Waals surface area (Å²) in [5, 5.41) is 14.5. The number of aryl methyl sites for hydroxylation is 2. The number of nitro groups is 1. The van der Waals surface area contributed by atoms with Crippen molar-refractivity contribution >= 4 is 44.8 Å². The Morgan fingerprint density at radius 1 is 0.957 bits per heavy atom. The molecule has 0 saturated carbocycles. The third-order valence-corrected chi connectivity index (χ3v) is 9.64. The zero-order chi connectivity index (χ0) is 34.3. The lowest BCUT2D eigenvalue weighted by Crippen LogP contribution is -2.53. The molecular weight excluding hydrogens is 644 g/mol. The molecule has 0 heterocycles. The number of amides is 2. The Morgan fingerprint density at radius 3 is 2.26 bits per heavy atom. The first-order chi connectivity index (χ1) is 22.3. The van der Waals surface area contributed by atoms with Gasteiger partial charge in [-0.05, 0) is 49.2 Å². The SMILES string of the molecule is CNC(=O)[C@H](Cc1ccccc1)N(Cc1ccc(C)cc1)C(=O)CN(c1cc(Cl)ccc1OC)S(=O)(=O)c1ccc(C)c([N+](=O)[O-])c1. The van der Waals surface area contributed by atoms with Crippen LogP contribution in [0.3, 0.4) is 0 Å². The number of likely N-dealkylation sites (N-methyl/N-ethyl adjacent to an activating group) is 1. The largest absolute Gasteiger partial charge is 0.495 e. The van der Waals surface area contributed by atoms with Crippen molar-refractivity contribution in [2.45, 2.75) is 37.8 Å². The summed E-state index contributed by atoms with van der Waals surface area (Å²) in [5.74, 6) is -1.06. The van der Waals surface area contributed by atoms with Gasteiger partial charge in [0.2, 0.25) is 11.8 Å². The molecule has 1 atom stereocenters. The van der Waals surface area contributed by atoms with Crippen LogP contribution >= 0.6 is 11.6 Å². The third kappa shape index (κ3) is 8.27. The van der Waals surface area contributed by atoms with Crippen molar-refractivity contribution in [3.63, 3.8) is 0 Å². The Labute approximate surface area is 278 Å². The van der Waals surface area contributed by atoms with E-state index in [2.05, 4.69) is 5.32 Å². The number of methoxy groups -OCH3 is 1. The second kappa shape index (κ2) is 15.1. The Bertz CT molecular complexity index is 1870. The van der Waals surface area contributed by atoms with Crippen LogP contribution in [0.5, 0.6) is 5.75 Å². The van der Waals surface area contributed by atoms with E-state index >= 15 is 0 Å². The average Bonchev–Trinajstić information content (AvgIpc) is 3.05. The number of carbonyl (C=O) groups is 2. The quantitative estimate of drug-likeness (QED) is 0.146. The standard InChI is InChI=1S/C34H35ClN4O7S/c1-23-10-13-26(14-11-23)21-37(31(34(41)36-3)18-25-8-6-5-7-9-25)33(40)22-38(30-19-27(35)15-17-32(30)46-4)47(44,45)28-16-12-24(2)29(20-28)39(42)43/h5-17,19-20,31H,18,21-22H2,1-4H3,(H,36,41)/t31-/m0/s1. The number of sulfonamides is 1. The number of benzene rings is 4. The van der Waals surface area contributed by atoms with E-state index < -0.39 is 49.9 Å². The van der Waals surface area contributed by atoms with E-state index in [1.165, 1.54) is 56.3 Å². The van der Waals surface area contributed by atoms with Crippen molar-refractivity contribution in [1.82, 2.24) is 10.2 Å². The normalized spacial score (nSPS) is 11.8. The van der Waals surface area contributed by atoms with E-state index in [1.54, 1.807) is 0 Å². The predicted molar refractivity (Wildman–Crippen MR) is 180 cm³/mol. The summed E-state index contributed by atoms with van der Waals surface area (Å²) in [6.07, 6.45) is 0.148. The van der Waals surface area contributed by atoms with Crippen molar-refractivity contribution in [1.29, 1.82) is 0 Å². The molecule has 4 aromatic rings. The van der Waals surface area contributed by atoms with Crippen molar-refractivity contribution in [3.05, 3.63) is 128 Å². The zero-order valence-corrected chi connectivity index (χ0v) is 27.9. The lowest BCUT2D eigenvalue weighted by molar-refractivity contribution is -0.385. The fourth-order valence-corrected chi connectivity index (χ4v) is 6.66. The van der Waals surface area contributed by atoms with E-state index in [-0.39, 0.29) is 35.0 Å². The highest BCUT2D eigenvalue weighted by molar-refractivity contribution is 7.92. The van der Waals surface area contributed by atoms with Crippen LogP contribution in [0.15, 0.2) is 95.9 Å². The molecule has 0 aliphatic carbocycles. The van der Waals surface area contributed by atoms with Crippen molar-refractivity contribution in [3.8, 4) is 5.75 Å². The molecule has 4 aromatic carbocycles. The van der Waals surface area contributed by atoms with E-state index in [4.69, 9.17) is 16.3 Å². The van der Waals surface area contributed by atoms with Crippen molar-refractivity contribution in [2.24, 2.45) is 0 Å². The topological polar surface area (TPSA) is 139 Å². The van der Waals surface area contributed by atoms with Crippen LogP contribution < -0.4 is 14.4 Å². The van der Waals surface area contributed by atoms with Crippen LogP contribution in [0, 0.1) is 24.0 Å². The first kappa shape index (κ1) is 34.9. The molecule has 0 aliphatic rings. The van der Waals surface area contributed by atoms with Crippen LogP contribution in [0.1, 0.15) is 22.3 Å². The van der Waals surface area contributed by atoms with Crippen LogP contribution in [-0.4, -0.2) is 56.8 Å². The highest BCUT2D eigenvalue weighted by Crippen LogP contribution is 2.36. The monoisotopic (exact) mass is 678 g/mol. The van der Waals surface area contributed by atoms with Gasteiger partial charge in [0, 0.05) is 36.7 Å². The fourth-order valence-electron chi connectivity index (χ4n) is 5.06. The lowest BCUT2D eigenvalue weighted by Gasteiger charge is -2.34. The number of hydrogen-bond acceptors (Lipinski definition) is 7. The van der Waals surface area contributed by atoms with E-state index in [0.717, 1.165) is 27.1 Å². The molecule has 0 bridgehead atoms. The molecule has 13 heteroatoms. The number of carbonyl (C=O) groups excluding carboxylic acids is 2. The summed E-state index contributed by atoms with van der Waals surface area (Å²) < 4.78 is 35.0. The second-order valence-electron chi connectivity index (χ2n) is 10.9. The summed E-state index contributed by atoms with van der Waals surface area (Å²) in [7, 11) is -1.85. The molecule has 0 spiro atoms. The number of nitro benzene ring substituents is 1. The van der Waals surface area contributed by atoms with E-state index in [9.17, 15) is 28.1 Å². The van der Waals surface area contributed by atoms with Gasteiger partial charge in [-0.1, -0.05) is 77.8 Å². The molecule has 0 aromatic heterocycles. The average molecular weight is 679 g/mol. The summed E-state index contributed by atoms with van der Waals surface area (Å²) in [5.41, 5.74) is 2.29. The molecule has 0 aliphatic heterocycles. The van der Waals surface area contributed by atoms with Gasteiger partial charge in [-0.25, -0.2) is 8.42 Å². The Morgan fingerprint density at radius 2 is 1.64 bits per heavy atom. The van der Waals surface area contributed by atoms with Crippen molar-refractivity contribution < 1.29 is 27.7 Å². The first-order valence-electron chi connectivity index (χ1n) is 14.6. The number of anilines is 1. The molecule has 0 fully saturated rings. The zero-order valence-electron chi connectivity index (χ0n) is 26.3. The van der Waals surface area contributed by atoms with Crippen LogP contribution in [0.25, 0.3) is 0 Å². The van der Waals surface area contributed by atoms with Gasteiger partial charge in [0.15, 0.2) is 0 Å². The van der Waals surface area contributed by atoms with Gasteiger partial charge < -0.3 is 15.0 Å². The molecule has 0 saturated heterocycles. The number of hydrogen-bond donors (Lipinski definition) is 1. The van der Waals surface area contributed by atoms with Gasteiger partial charge in [-0.2, -0.15) is 0 Å². The molecular formula is C34H35ClN4O7S. The Balaban J connectivity index is 1.87. The molecule has 4 rings (SSSR count). The summed E-state index contributed by atoms with van der Waals surface area (Å²) in [4.78, 5) is 39.9. The van der Waals surface area contributed by atoms with Gasteiger partial charge in [0.05, 0.1) is 22.6 Å². The minimum atomic E-state index is -4.65. The highest BCUT2D eigenvalue weighted by Gasteiger charge is 2.36. The van der Waals surface area contributed by atoms with Crippen LogP contribution in [0.4, 0.5) is 11.4 Å². The number of nitrogens with one attached hydrogen (secondary N) is 1. The molecule has 1 N–H and O–H groups in total. The van der Waals surface area contributed by atoms with Gasteiger partial charge in [0.25, 0.3) is 15.7 Å². The lowest BCUT2D eigenvalue weighted by atomic mass is 10.0. The minimum absolute atomic E-state index is 0.0133. The van der Waals surface area contributed by atoms with Crippen LogP contribution in [-0.2, 0) is 32.6 Å². The molecule has 11 nitrogen and oxygen atoms in total. The molecule has 47 heavy (non-hydrogen) atoms. The van der Waals surface area contributed by atoms with Crippen LogP contribution in [0.2, 0.25) is 5.02 Å². The first-order valence-corrected chi connectivity index (χ1v) is 16.4. The Hall–Kier alpha value is -4.94. The van der Waals surface area contributed by atoms with E-state index in [0.29, 0.717) is 0 Å². The van der Waals surface area contributed by atoms with Gasteiger partial charge in [-0.3, -0.25) is 24.0 Å². The molecule has 0 radical (unpaired) electrons. The van der Waals surface area contributed by atoms with Crippen molar-refractivity contribution in [2.75, 3.05) is 25.0 Å². The molecule has 2 amide bonds. The number of nitrogens with zero attached hydrogens (tertiary/aromatic N) is 3. The fraction of sp³-hybridized carbons (Fsp3) is 0.235. The summed E-state index contributed by atoms with van der Waals surface area (Å²) in [6.45, 7) is 2.62. The second-order valence-corrected chi connectivity index (χ2v) is 13.2.